The third kappa shape index (κ3) is 3.04. The van der Waals surface area contributed by atoms with Gasteiger partial charge in [-0.05, 0) is 72.7 Å². The van der Waals surface area contributed by atoms with Crippen LogP contribution in [-0.2, 0) is 6.54 Å². The van der Waals surface area contributed by atoms with Crippen LogP contribution in [0.15, 0.2) is 22.7 Å². The Morgan fingerprint density at radius 2 is 2.05 bits per heavy atom. The number of anilines is 1. The fourth-order valence-electron chi connectivity index (χ4n) is 3.33. The van der Waals surface area contributed by atoms with Crippen LogP contribution in [0.2, 0.25) is 0 Å². The molecule has 0 bridgehead atoms. The largest absolute Gasteiger partial charge is 0.365 e. The van der Waals surface area contributed by atoms with Gasteiger partial charge in [-0.25, -0.2) is 0 Å². The Hall–Kier alpha value is -0.540. The van der Waals surface area contributed by atoms with Gasteiger partial charge in [0.25, 0.3) is 0 Å². The molecule has 3 heteroatoms. The zero-order chi connectivity index (χ0) is 14.1. The van der Waals surface area contributed by atoms with E-state index in [1.807, 2.05) is 0 Å². The lowest BCUT2D eigenvalue weighted by Gasteiger charge is -2.31. The molecule has 1 saturated heterocycles. The van der Waals surface area contributed by atoms with E-state index in [0.717, 1.165) is 12.6 Å². The molecule has 2 fully saturated rings. The molecule has 0 radical (unpaired) electrons. The predicted molar refractivity (Wildman–Crippen MR) is 89.3 cm³/mol. The summed E-state index contributed by atoms with van der Waals surface area (Å²) in [4.78, 5) is 2.61. The van der Waals surface area contributed by atoms with Gasteiger partial charge in [0.1, 0.15) is 0 Å². The summed E-state index contributed by atoms with van der Waals surface area (Å²) in [6, 6.07) is 9.02. The van der Waals surface area contributed by atoms with E-state index in [0.29, 0.717) is 12.1 Å². The summed E-state index contributed by atoms with van der Waals surface area (Å²) in [6.07, 6.45) is 6.58. The first kappa shape index (κ1) is 14.4. The summed E-state index contributed by atoms with van der Waals surface area (Å²) < 4.78 is 1.25. The molecule has 2 unspecified atom stereocenters. The minimum Gasteiger partial charge on any atom is -0.365 e. The van der Waals surface area contributed by atoms with Crippen molar-refractivity contribution in [2.24, 2.45) is 0 Å². The molecule has 2 aliphatic rings. The molecular weight excluding hydrogens is 312 g/mol. The van der Waals surface area contributed by atoms with Crippen molar-refractivity contribution in [1.29, 1.82) is 0 Å². The van der Waals surface area contributed by atoms with Gasteiger partial charge in [-0.1, -0.05) is 13.0 Å². The highest BCUT2D eigenvalue weighted by atomic mass is 79.9. The molecule has 1 heterocycles. The van der Waals surface area contributed by atoms with Gasteiger partial charge in [0.2, 0.25) is 0 Å². The molecule has 1 aliphatic carbocycles. The van der Waals surface area contributed by atoms with Crippen LogP contribution in [0.4, 0.5) is 5.69 Å². The van der Waals surface area contributed by atoms with Crippen molar-refractivity contribution < 1.29 is 0 Å². The first-order valence-corrected chi connectivity index (χ1v) is 8.78. The number of benzene rings is 1. The molecule has 3 rings (SSSR count). The molecule has 0 amide bonds. The molecule has 2 nitrogen and oxygen atoms in total. The van der Waals surface area contributed by atoms with Crippen LogP contribution in [-0.4, -0.2) is 18.1 Å². The fraction of sp³-hybridized carbons (Fsp3) is 0.647. The van der Waals surface area contributed by atoms with Crippen LogP contribution in [0.5, 0.6) is 0 Å². The van der Waals surface area contributed by atoms with Crippen LogP contribution in [0, 0.1) is 0 Å². The van der Waals surface area contributed by atoms with E-state index in [1.54, 1.807) is 0 Å². The van der Waals surface area contributed by atoms with Crippen LogP contribution in [0.3, 0.4) is 0 Å². The summed E-state index contributed by atoms with van der Waals surface area (Å²) >= 11 is 3.79. The Labute approximate surface area is 131 Å². The number of halogens is 1. The normalized spacial score (nSPS) is 26.2. The summed E-state index contributed by atoms with van der Waals surface area (Å²) in [7, 11) is 0. The maximum Gasteiger partial charge on any atom is 0.0515 e. The summed E-state index contributed by atoms with van der Waals surface area (Å²) in [6.45, 7) is 5.65. The first-order chi connectivity index (χ1) is 9.69. The second kappa shape index (κ2) is 6.07. The van der Waals surface area contributed by atoms with Gasteiger partial charge in [0.05, 0.1) is 5.69 Å². The predicted octanol–water partition coefficient (Wildman–Crippen LogP) is 4.47. The second-order valence-corrected chi connectivity index (χ2v) is 7.19. The number of hydrogen-bond acceptors (Lipinski definition) is 2. The van der Waals surface area contributed by atoms with Crippen LogP contribution in [0.25, 0.3) is 0 Å². The average molecular weight is 337 g/mol. The van der Waals surface area contributed by atoms with E-state index < -0.39 is 0 Å². The van der Waals surface area contributed by atoms with E-state index in [-0.39, 0.29) is 0 Å². The monoisotopic (exact) mass is 336 g/mol. The Morgan fingerprint density at radius 1 is 1.25 bits per heavy atom. The van der Waals surface area contributed by atoms with Crippen LogP contribution < -0.4 is 10.2 Å². The average Bonchev–Trinajstić information content (AvgIpc) is 3.20. The molecule has 0 aromatic heterocycles. The molecule has 1 aromatic rings. The molecular formula is C17H25BrN2. The van der Waals surface area contributed by atoms with Gasteiger partial charge >= 0.3 is 0 Å². The molecule has 1 aliphatic heterocycles. The third-order valence-electron chi connectivity index (χ3n) is 4.72. The van der Waals surface area contributed by atoms with E-state index >= 15 is 0 Å². The van der Waals surface area contributed by atoms with Crippen molar-refractivity contribution >= 4 is 21.6 Å². The highest BCUT2D eigenvalue weighted by Crippen LogP contribution is 2.37. The third-order valence-corrected chi connectivity index (χ3v) is 5.35. The minimum absolute atomic E-state index is 0.659. The molecule has 1 saturated carbocycles. The van der Waals surface area contributed by atoms with E-state index in [1.165, 1.54) is 47.8 Å². The van der Waals surface area contributed by atoms with Crippen LogP contribution in [0.1, 0.15) is 51.5 Å². The topological polar surface area (TPSA) is 15.3 Å². The van der Waals surface area contributed by atoms with Crippen LogP contribution >= 0.6 is 15.9 Å². The van der Waals surface area contributed by atoms with Crippen molar-refractivity contribution in [1.82, 2.24) is 5.32 Å². The molecule has 20 heavy (non-hydrogen) atoms. The van der Waals surface area contributed by atoms with Crippen molar-refractivity contribution in [3.63, 3.8) is 0 Å². The zero-order valence-electron chi connectivity index (χ0n) is 12.5. The Bertz CT molecular complexity index is 470. The van der Waals surface area contributed by atoms with Crippen molar-refractivity contribution in [2.45, 2.75) is 70.6 Å². The highest BCUT2D eigenvalue weighted by molar-refractivity contribution is 9.10. The van der Waals surface area contributed by atoms with Crippen molar-refractivity contribution in [2.75, 3.05) is 4.90 Å². The highest BCUT2D eigenvalue weighted by Gasteiger charge is 2.30. The quantitative estimate of drug-likeness (QED) is 0.853. The minimum atomic E-state index is 0.659. The second-order valence-electron chi connectivity index (χ2n) is 6.34. The SMILES string of the molecule is CCC1CCC(C)N1c1ccc(CNC2CC2)cc1Br. The molecule has 1 aromatic carbocycles. The summed E-state index contributed by atoms with van der Waals surface area (Å²) in [5, 5.41) is 3.58. The molecule has 2 atom stereocenters. The lowest BCUT2D eigenvalue weighted by molar-refractivity contribution is 0.626. The Balaban J connectivity index is 1.75. The number of nitrogens with one attached hydrogen (secondary N) is 1. The summed E-state index contributed by atoms with van der Waals surface area (Å²) in [5.74, 6) is 0. The lowest BCUT2D eigenvalue weighted by Crippen LogP contribution is -2.34. The van der Waals surface area contributed by atoms with Gasteiger partial charge < -0.3 is 10.2 Å². The lowest BCUT2D eigenvalue weighted by atomic mass is 10.1. The molecule has 0 spiro atoms. The van der Waals surface area contributed by atoms with Gasteiger partial charge in [-0.2, -0.15) is 0 Å². The molecule has 110 valence electrons. The first-order valence-electron chi connectivity index (χ1n) is 7.99. The smallest absolute Gasteiger partial charge is 0.0515 e. The number of hydrogen-bond donors (Lipinski definition) is 1. The van der Waals surface area contributed by atoms with E-state index in [4.69, 9.17) is 0 Å². The Morgan fingerprint density at radius 3 is 2.70 bits per heavy atom. The van der Waals surface area contributed by atoms with Crippen molar-refractivity contribution in [3.8, 4) is 0 Å². The standard InChI is InChI=1S/C17H25BrN2/c1-3-15-8-4-12(2)20(15)17-9-5-13(10-16(17)18)11-19-14-6-7-14/h5,9-10,12,14-15,19H,3-4,6-8,11H2,1-2H3. The van der Waals surface area contributed by atoms with Crippen molar-refractivity contribution in [3.05, 3.63) is 28.2 Å². The van der Waals surface area contributed by atoms with Gasteiger partial charge in [0, 0.05) is 29.1 Å². The maximum atomic E-state index is 3.79. The molecule has 1 N–H and O–H groups in total. The van der Waals surface area contributed by atoms with E-state index in [9.17, 15) is 0 Å². The maximum absolute atomic E-state index is 3.79. The Kier molecular flexibility index (Phi) is 4.37. The van der Waals surface area contributed by atoms with Gasteiger partial charge in [-0.15, -0.1) is 0 Å². The van der Waals surface area contributed by atoms with Gasteiger partial charge in [-0.3, -0.25) is 0 Å². The van der Waals surface area contributed by atoms with E-state index in [2.05, 4.69) is 58.2 Å². The fourth-order valence-corrected chi connectivity index (χ4v) is 3.96. The summed E-state index contributed by atoms with van der Waals surface area (Å²) in [5.41, 5.74) is 2.75. The number of rotatable bonds is 5. The zero-order valence-corrected chi connectivity index (χ0v) is 14.1. The number of nitrogens with zero attached hydrogens (tertiary/aromatic N) is 1. The van der Waals surface area contributed by atoms with Gasteiger partial charge in [0.15, 0.2) is 0 Å².